The Morgan fingerprint density at radius 1 is 0.220 bits per heavy atom. The van der Waals surface area contributed by atoms with E-state index < -0.39 is 317 Å². The zero-order chi connectivity index (χ0) is 87.2. The molecule has 624 valence electrons. The van der Waals surface area contributed by atoms with Crippen molar-refractivity contribution in [2.24, 2.45) is 0 Å². The number of hydrogen-bond donors (Lipinski definition) is 24. The lowest BCUT2D eigenvalue weighted by molar-refractivity contribution is -0.289. The van der Waals surface area contributed by atoms with Crippen molar-refractivity contribution in [2.45, 2.75) is 75.3 Å². The van der Waals surface area contributed by atoms with E-state index in [1.807, 2.05) is 0 Å². The van der Waals surface area contributed by atoms with Gasteiger partial charge in [0.25, 0.3) is 0 Å². The van der Waals surface area contributed by atoms with Crippen LogP contribution in [0.5, 0.6) is 138 Å². The van der Waals surface area contributed by atoms with Gasteiger partial charge in [-0.2, -0.15) is 0 Å². The Bertz CT molecular complexity index is 4850. The molecule has 0 saturated carbocycles. The number of carbonyl (C=O) groups excluding carboxylic acids is 10. The van der Waals surface area contributed by atoms with Crippen LogP contribution in [0.1, 0.15) is 96.7 Å². The summed E-state index contributed by atoms with van der Waals surface area (Å²) in [6, 6.07) is 9.88. The SMILES string of the molecule is CC(=O)OC1OC(COC(=O)c2cc(O)c(O)c(O)c2)C(OC(=O)c2cc(O)c(O)c(O)c2)C(OC(=O)c2cc(O)c(O)c(O)c2)C1OC(=O)c1cc(O)c(O)c(O)c1.CC(=O)OC1OC(COC(=O)c2cc(O)c(O)c(O)c2)C(OC(=O)c2cc(O)c(O)c(O)c2)C(OC(=O)c2cc(O)c(O)c(O)c2)C1OC(=O)c1cc(O)c(O)c(O)c1. The van der Waals surface area contributed by atoms with E-state index in [1.165, 1.54) is 0 Å². The molecular formula is C72H60O46. The number of esters is 10. The van der Waals surface area contributed by atoms with Crippen LogP contribution in [0.2, 0.25) is 0 Å². The molecule has 24 N–H and O–H groups in total. The molecule has 0 spiro atoms. The second-order valence-electron chi connectivity index (χ2n) is 24.6. The molecule has 2 saturated heterocycles. The molecule has 0 aromatic heterocycles. The highest BCUT2D eigenvalue weighted by Crippen LogP contribution is 2.45. The minimum atomic E-state index is -2.34. The van der Waals surface area contributed by atoms with Crippen molar-refractivity contribution in [3.8, 4) is 138 Å². The van der Waals surface area contributed by atoms with Crippen LogP contribution >= 0.6 is 0 Å². The van der Waals surface area contributed by atoms with Crippen molar-refractivity contribution in [3.63, 3.8) is 0 Å². The fraction of sp³-hybridized carbons (Fsp3) is 0.194. The first kappa shape index (κ1) is 85.6. The van der Waals surface area contributed by atoms with Crippen molar-refractivity contribution in [2.75, 3.05) is 13.2 Å². The van der Waals surface area contributed by atoms with Gasteiger partial charge in [-0.15, -0.1) is 0 Å². The number of ether oxygens (including phenoxy) is 12. The van der Waals surface area contributed by atoms with E-state index in [-0.39, 0.29) is 0 Å². The third kappa shape index (κ3) is 19.0. The summed E-state index contributed by atoms with van der Waals surface area (Å²) in [6.07, 6.45) is -22.2. The Kier molecular flexibility index (Phi) is 25.2. The normalized spacial score (nSPS) is 18.6. The van der Waals surface area contributed by atoms with Crippen LogP contribution in [-0.2, 0) is 66.4 Å². The molecule has 10 unspecified atom stereocenters. The fourth-order valence-corrected chi connectivity index (χ4v) is 10.8. The summed E-state index contributed by atoms with van der Waals surface area (Å²) < 4.78 is 65.4. The Labute approximate surface area is 653 Å². The van der Waals surface area contributed by atoms with Crippen molar-refractivity contribution >= 4 is 59.7 Å². The highest BCUT2D eigenvalue weighted by molar-refractivity contribution is 5.96. The van der Waals surface area contributed by atoms with Crippen molar-refractivity contribution < 1.29 is 227 Å². The van der Waals surface area contributed by atoms with E-state index in [2.05, 4.69) is 0 Å². The third-order valence-electron chi connectivity index (χ3n) is 16.4. The Hall–Kier alpha value is -16.4. The van der Waals surface area contributed by atoms with Gasteiger partial charge in [0, 0.05) is 13.8 Å². The molecule has 2 fully saturated rings. The Morgan fingerprint density at radius 2 is 0.364 bits per heavy atom. The Morgan fingerprint density at radius 3 is 0.525 bits per heavy atom. The first-order valence-electron chi connectivity index (χ1n) is 32.6. The molecule has 0 bridgehead atoms. The molecule has 10 rings (SSSR count). The van der Waals surface area contributed by atoms with Crippen molar-refractivity contribution in [1.82, 2.24) is 0 Å². The van der Waals surface area contributed by atoms with Crippen LogP contribution in [0.3, 0.4) is 0 Å². The monoisotopic (exact) mass is 1660 g/mol. The summed E-state index contributed by atoms with van der Waals surface area (Å²) in [7, 11) is 0. The molecule has 46 heteroatoms. The lowest BCUT2D eigenvalue weighted by Crippen LogP contribution is -2.63. The predicted molar refractivity (Wildman–Crippen MR) is 368 cm³/mol. The molecule has 46 nitrogen and oxygen atoms in total. The number of carbonyl (C=O) groups is 10. The minimum absolute atomic E-state index is 0.587. The summed E-state index contributed by atoms with van der Waals surface area (Å²) in [5.41, 5.74) is -5.50. The molecule has 8 aromatic carbocycles. The summed E-state index contributed by atoms with van der Waals surface area (Å²) in [4.78, 5) is 132. The number of aromatic hydroxyl groups is 24. The number of hydrogen-bond acceptors (Lipinski definition) is 46. The minimum Gasteiger partial charge on any atom is -0.504 e. The molecular weight excluding hydrogens is 1600 g/mol. The van der Waals surface area contributed by atoms with Gasteiger partial charge in [-0.05, 0) is 97.1 Å². The van der Waals surface area contributed by atoms with Gasteiger partial charge in [-0.3, -0.25) is 9.59 Å². The summed E-state index contributed by atoms with van der Waals surface area (Å²) in [6.45, 7) is -0.567. The van der Waals surface area contributed by atoms with E-state index in [0.717, 1.165) is 13.8 Å². The molecule has 10 atom stereocenters. The molecule has 0 amide bonds. The smallest absolute Gasteiger partial charge is 0.339 e. The number of phenols is 24. The highest BCUT2D eigenvalue weighted by atomic mass is 16.8. The lowest BCUT2D eigenvalue weighted by Gasteiger charge is -2.43. The van der Waals surface area contributed by atoms with Crippen LogP contribution in [-0.4, -0.2) is 257 Å². The third-order valence-corrected chi connectivity index (χ3v) is 16.4. The van der Waals surface area contributed by atoms with Gasteiger partial charge in [0.05, 0.1) is 44.5 Å². The van der Waals surface area contributed by atoms with Crippen molar-refractivity contribution in [1.29, 1.82) is 0 Å². The highest BCUT2D eigenvalue weighted by Gasteiger charge is 2.57. The van der Waals surface area contributed by atoms with Crippen LogP contribution < -0.4 is 0 Å². The Balaban J connectivity index is 0.000000269. The van der Waals surface area contributed by atoms with Crippen LogP contribution in [0.25, 0.3) is 0 Å². The van der Waals surface area contributed by atoms with Gasteiger partial charge in [-0.1, -0.05) is 0 Å². The second kappa shape index (κ2) is 34.7. The van der Waals surface area contributed by atoms with Gasteiger partial charge in [0.2, 0.25) is 24.8 Å². The van der Waals surface area contributed by atoms with E-state index in [9.17, 15) is 171 Å². The van der Waals surface area contributed by atoms with Crippen LogP contribution in [0.4, 0.5) is 0 Å². The predicted octanol–water partition coefficient (Wildman–Crippen LogP) is 2.55. The fourth-order valence-electron chi connectivity index (χ4n) is 10.8. The molecule has 0 radical (unpaired) electrons. The zero-order valence-corrected chi connectivity index (χ0v) is 59.1. The van der Waals surface area contributed by atoms with Crippen LogP contribution in [0.15, 0.2) is 97.1 Å². The maximum absolute atomic E-state index is 13.7. The van der Waals surface area contributed by atoms with Gasteiger partial charge in [-0.25, -0.2) is 38.4 Å². The first-order valence-corrected chi connectivity index (χ1v) is 32.6. The number of phenolic OH excluding ortho intramolecular Hbond substituents is 24. The maximum Gasteiger partial charge on any atom is 0.339 e. The van der Waals surface area contributed by atoms with Crippen molar-refractivity contribution in [3.05, 3.63) is 142 Å². The first-order chi connectivity index (χ1) is 55.3. The lowest BCUT2D eigenvalue weighted by atomic mass is 9.97. The molecule has 2 aliphatic heterocycles. The summed E-state index contributed by atoms with van der Waals surface area (Å²) in [5, 5.41) is 238. The summed E-state index contributed by atoms with van der Waals surface area (Å²) >= 11 is 0. The van der Waals surface area contributed by atoms with E-state index in [0.29, 0.717) is 97.1 Å². The van der Waals surface area contributed by atoms with Gasteiger partial charge in [0.1, 0.15) is 25.4 Å². The maximum atomic E-state index is 13.7. The molecule has 118 heavy (non-hydrogen) atoms. The molecule has 2 aliphatic rings. The summed E-state index contributed by atoms with van der Waals surface area (Å²) in [5.74, 6) is -39.2. The standard InChI is InChI=1S/2C36H30O23/c2*1-11(37)55-36-31(59-35(53)15-8-22(44)28(49)23(45)9-15)30(58-34(52)14-6-20(42)27(48)21(43)7-14)29(57-33(51)13-4-18(40)26(47)19(41)5-13)24(56-36)10-54-32(50)12-2-16(38)25(46)17(39)3-12/h2*2-9,24,29-31,36,38-49H,10H2,1H3. The molecule has 8 aromatic rings. The van der Waals surface area contributed by atoms with E-state index in [1.54, 1.807) is 0 Å². The number of benzene rings is 8. The second-order valence-corrected chi connectivity index (χ2v) is 24.6. The molecule has 2 heterocycles. The number of rotatable bonds is 20. The molecule has 0 aliphatic carbocycles. The van der Waals surface area contributed by atoms with Crippen LogP contribution in [0, 0.1) is 0 Å². The van der Waals surface area contributed by atoms with Gasteiger partial charge < -0.3 is 179 Å². The quantitative estimate of drug-likeness (QED) is 0.0296. The average Bonchev–Trinajstić information content (AvgIpc) is 0.772. The zero-order valence-electron chi connectivity index (χ0n) is 59.1. The average molecular weight is 1660 g/mol. The van der Waals surface area contributed by atoms with E-state index in [4.69, 9.17) is 56.8 Å². The van der Waals surface area contributed by atoms with Gasteiger partial charge >= 0.3 is 59.7 Å². The van der Waals surface area contributed by atoms with E-state index >= 15 is 0 Å². The largest absolute Gasteiger partial charge is 0.504 e. The topological polar surface area (TPSA) is 767 Å². The van der Waals surface area contributed by atoms with Gasteiger partial charge in [0.15, 0.2) is 162 Å².